The van der Waals surface area contributed by atoms with Crippen molar-refractivity contribution in [2.75, 3.05) is 13.2 Å². The second kappa shape index (κ2) is 6.22. The predicted molar refractivity (Wildman–Crippen MR) is 70.7 cm³/mol. The van der Waals surface area contributed by atoms with Gasteiger partial charge in [0, 0.05) is 6.54 Å². The number of carbonyl (C=O) groups is 2. The Balaban J connectivity index is 1.82. The Kier molecular flexibility index (Phi) is 4.39. The van der Waals surface area contributed by atoms with Gasteiger partial charge in [0.1, 0.15) is 11.8 Å². The molecule has 19 heavy (non-hydrogen) atoms. The summed E-state index contributed by atoms with van der Waals surface area (Å²) < 4.78 is 5.34. The van der Waals surface area contributed by atoms with Crippen LogP contribution in [0.25, 0.3) is 0 Å². The Morgan fingerprint density at radius 3 is 2.84 bits per heavy atom. The van der Waals surface area contributed by atoms with Crippen LogP contribution in [0.1, 0.15) is 13.3 Å². The van der Waals surface area contributed by atoms with E-state index in [1.807, 2.05) is 25.1 Å². The molecule has 2 amide bonds. The maximum Gasteiger partial charge on any atom is 0.258 e. The number of amides is 2. The molecule has 1 aromatic rings. The van der Waals surface area contributed by atoms with Crippen LogP contribution in [0.15, 0.2) is 30.3 Å². The van der Waals surface area contributed by atoms with E-state index in [0.717, 1.165) is 6.42 Å². The van der Waals surface area contributed by atoms with Crippen molar-refractivity contribution < 1.29 is 14.3 Å². The molecule has 0 radical (unpaired) electrons. The van der Waals surface area contributed by atoms with Gasteiger partial charge in [-0.2, -0.15) is 0 Å². The molecule has 1 aliphatic heterocycles. The second-order valence-electron chi connectivity index (χ2n) is 4.70. The minimum Gasteiger partial charge on any atom is -0.484 e. The third-order valence-electron chi connectivity index (χ3n) is 3.18. The van der Waals surface area contributed by atoms with Crippen molar-refractivity contribution in [1.29, 1.82) is 0 Å². The molecule has 1 heterocycles. The van der Waals surface area contributed by atoms with Crippen LogP contribution in [0.5, 0.6) is 5.75 Å². The Morgan fingerprint density at radius 1 is 1.42 bits per heavy atom. The molecule has 102 valence electrons. The summed E-state index contributed by atoms with van der Waals surface area (Å²) in [5.74, 6) is 0.387. The number of piperidine rings is 1. The van der Waals surface area contributed by atoms with E-state index in [1.54, 1.807) is 12.1 Å². The van der Waals surface area contributed by atoms with E-state index >= 15 is 0 Å². The van der Waals surface area contributed by atoms with Crippen LogP contribution in [0.4, 0.5) is 0 Å². The maximum atomic E-state index is 11.8. The van der Waals surface area contributed by atoms with Crippen molar-refractivity contribution >= 4 is 11.8 Å². The minimum absolute atomic E-state index is 0.0828. The van der Waals surface area contributed by atoms with Gasteiger partial charge in [-0.05, 0) is 24.5 Å². The van der Waals surface area contributed by atoms with Crippen LogP contribution in [0.2, 0.25) is 0 Å². The van der Waals surface area contributed by atoms with Crippen LogP contribution < -0.4 is 15.4 Å². The molecule has 0 spiro atoms. The fourth-order valence-corrected chi connectivity index (χ4v) is 2.05. The number of hydrogen-bond acceptors (Lipinski definition) is 3. The molecule has 2 unspecified atom stereocenters. The minimum atomic E-state index is -0.458. The monoisotopic (exact) mass is 262 g/mol. The lowest BCUT2D eigenvalue weighted by atomic mass is 9.94. The average Bonchev–Trinajstić information content (AvgIpc) is 2.42. The number of para-hydroxylation sites is 1. The van der Waals surface area contributed by atoms with E-state index in [1.165, 1.54) is 0 Å². The summed E-state index contributed by atoms with van der Waals surface area (Å²) in [5, 5.41) is 5.46. The second-order valence-corrected chi connectivity index (χ2v) is 4.70. The van der Waals surface area contributed by atoms with E-state index in [-0.39, 0.29) is 24.3 Å². The zero-order valence-electron chi connectivity index (χ0n) is 10.9. The average molecular weight is 262 g/mol. The van der Waals surface area contributed by atoms with Gasteiger partial charge in [-0.1, -0.05) is 25.1 Å². The van der Waals surface area contributed by atoms with Crippen molar-refractivity contribution in [3.63, 3.8) is 0 Å². The summed E-state index contributed by atoms with van der Waals surface area (Å²) in [4.78, 5) is 23.4. The number of hydrogen-bond donors (Lipinski definition) is 2. The highest BCUT2D eigenvalue weighted by Gasteiger charge is 2.29. The van der Waals surface area contributed by atoms with Crippen molar-refractivity contribution in [2.24, 2.45) is 5.92 Å². The largest absolute Gasteiger partial charge is 0.484 e. The normalized spacial score (nSPS) is 22.5. The van der Waals surface area contributed by atoms with Gasteiger partial charge in [-0.3, -0.25) is 9.59 Å². The quantitative estimate of drug-likeness (QED) is 0.839. The topological polar surface area (TPSA) is 67.4 Å². The van der Waals surface area contributed by atoms with Crippen LogP contribution in [-0.2, 0) is 9.59 Å². The highest BCUT2D eigenvalue weighted by atomic mass is 16.5. The molecular formula is C14H18N2O3. The fraction of sp³-hybridized carbons (Fsp3) is 0.429. The molecule has 5 nitrogen and oxygen atoms in total. The zero-order chi connectivity index (χ0) is 13.7. The molecule has 0 bridgehead atoms. The summed E-state index contributed by atoms with van der Waals surface area (Å²) in [5.41, 5.74) is 0. The van der Waals surface area contributed by atoms with Gasteiger partial charge >= 0.3 is 0 Å². The molecule has 5 heteroatoms. The lowest BCUT2D eigenvalue weighted by Gasteiger charge is -2.28. The number of ether oxygens (including phenoxy) is 1. The Morgan fingerprint density at radius 2 is 2.16 bits per heavy atom. The number of benzene rings is 1. The number of carbonyl (C=O) groups excluding carboxylic acids is 2. The van der Waals surface area contributed by atoms with E-state index in [0.29, 0.717) is 12.3 Å². The first-order valence-electron chi connectivity index (χ1n) is 6.42. The van der Waals surface area contributed by atoms with Crippen LogP contribution in [-0.4, -0.2) is 31.0 Å². The van der Waals surface area contributed by atoms with Crippen molar-refractivity contribution in [2.45, 2.75) is 19.4 Å². The highest BCUT2D eigenvalue weighted by molar-refractivity contribution is 5.88. The first-order valence-corrected chi connectivity index (χ1v) is 6.42. The van der Waals surface area contributed by atoms with E-state index in [4.69, 9.17) is 4.74 Å². The van der Waals surface area contributed by atoms with Gasteiger partial charge in [-0.15, -0.1) is 0 Å². The number of rotatable bonds is 4. The zero-order valence-corrected chi connectivity index (χ0v) is 10.9. The molecule has 0 saturated carbocycles. The molecule has 1 aromatic carbocycles. The summed E-state index contributed by atoms with van der Waals surface area (Å²) in [6.45, 7) is 2.55. The molecule has 2 atom stereocenters. The molecule has 1 aliphatic rings. The fourth-order valence-electron chi connectivity index (χ4n) is 2.05. The third kappa shape index (κ3) is 3.71. The number of nitrogens with one attached hydrogen (secondary N) is 2. The van der Waals surface area contributed by atoms with Gasteiger partial charge in [0.25, 0.3) is 5.91 Å². The summed E-state index contributed by atoms with van der Waals surface area (Å²) in [6.07, 6.45) is 0.871. The van der Waals surface area contributed by atoms with Gasteiger partial charge in [0.15, 0.2) is 6.61 Å². The summed E-state index contributed by atoms with van der Waals surface area (Å²) >= 11 is 0. The van der Waals surface area contributed by atoms with Crippen LogP contribution in [0, 0.1) is 5.92 Å². The molecule has 2 N–H and O–H groups in total. The molecule has 0 aliphatic carbocycles. The SMILES string of the molecule is CC1CCNC(=O)C1NC(=O)COc1ccccc1. The summed E-state index contributed by atoms with van der Waals surface area (Å²) in [7, 11) is 0. The van der Waals surface area contributed by atoms with Crippen molar-refractivity contribution in [3.8, 4) is 5.75 Å². The Bertz CT molecular complexity index is 447. The third-order valence-corrected chi connectivity index (χ3v) is 3.18. The van der Waals surface area contributed by atoms with E-state index in [9.17, 15) is 9.59 Å². The Hall–Kier alpha value is -2.04. The van der Waals surface area contributed by atoms with Gasteiger partial charge < -0.3 is 15.4 Å². The first kappa shape index (κ1) is 13.4. The van der Waals surface area contributed by atoms with Crippen LogP contribution >= 0.6 is 0 Å². The Labute approximate surface area is 112 Å². The van der Waals surface area contributed by atoms with Gasteiger partial charge in [0.2, 0.25) is 5.91 Å². The lowest BCUT2D eigenvalue weighted by Crippen LogP contribution is -2.55. The van der Waals surface area contributed by atoms with Gasteiger partial charge in [-0.25, -0.2) is 0 Å². The lowest BCUT2D eigenvalue weighted by molar-refractivity contribution is -0.132. The van der Waals surface area contributed by atoms with E-state index in [2.05, 4.69) is 10.6 Å². The predicted octanol–water partition coefficient (Wildman–Crippen LogP) is 0.706. The molecule has 1 fully saturated rings. The van der Waals surface area contributed by atoms with E-state index < -0.39 is 6.04 Å². The molecule has 2 rings (SSSR count). The molecule has 0 aromatic heterocycles. The smallest absolute Gasteiger partial charge is 0.258 e. The maximum absolute atomic E-state index is 11.8. The van der Waals surface area contributed by atoms with Crippen molar-refractivity contribution in [1.82, 2.24) is 10.6 Å². The summed E-state index contributed by atoms with van der Waals surface area (Å²) in [6, 6.07) is 8.65. The standard InChI is InChI=1S/C14H18N2O3/c1-10-7-8-15-14(18)13(10)16-12(17)9-19-11-5-3-2-4-6-11/h2-6,10,13H,7-9H2,1H3,(H,15,18)(H,16,17). The molecule has 1 saturated heterocycles. The van der Waals surface area contributed by atoms with Crippen LogP contribution in [0.3, 0.4) is 0 Å². The highest BCUT2D eigenvalue weighted by Crippen LogP contribution is 2.12. The molecular weight excluding hydrogens is 244 g/mol. The van der Waals surface area contributed by atoms with Crippen molar-refractivity contribution in [3.05, 3.63) is 30.3 Å². The van der Waals surface area contributed by atoms with Gasteiger partial charge in [0.05, 0.1) is 0 Å². The first-order chi connectivity index (χ1) is 9.16.